The van der Waals surface area contributed by atoms with E-state index in [-0.39, 0.29) is 46.6 Å². The molecule has 9 atom stereocenters. The summed E-state index contributed by atoms with van der Waals surface area (Å²) in [7, 11) is 0. The van der Waals surface area contributed by atoms with E-state index in [1.165, 1.54) is 0 Å². The summed E-state index contributed by atoms with van der Waals surface area (Å²) in [6.45, 7) is 4.62. The molecule has 0 aromatic heterocycles. The first kappa shape index (κ1) is 17.6. The minimum atomic E-state index is -0.730. The van der Waals surface area contributed by atoms with Crippen molar-refractivity contribution >= 4 is 11.8 Å². The fourth-order valence-electron chi connectivity index (χ4n) is 8.71. The summed E-state index contributed by atoms with van der Waals surface area (Å²) in [6, 6.07) is 0. The second-order valence-electron chi connectivity index (χ2n) is 11.0. The van der Waals surface area contributed by atoms with Gasteiger partial charge in [0.2, 0.25) is 0 Å². The molecule has 1 aliphatic heterocycles. The van der Waals surface area contributed by atoms with E-state index in [1.54, 1.807) is 0 Å². The molecule has 6 rings (SSSR count). The van der Waals surface area contributed by atoms with Gasteiger partial charge in [-0.25, -0.2) is 0 Å². The number of epoxide rings is 1. The van der Waals surface area contributed by atoms with Gasteiger partial charge in [-0.2, -0.15) is 0 Å². The molecule has 1 spiro atoms. The lowest BCUT2D eigenvalue weighted by molar-refractivity contribution is -0.138. The fraction of sp³-hybridized carbons (Fsp3) is 0.826. The minimum Gasteiger partial charge on any atom is -0.481 e. The monoisotopic (exact) mass is 386 g/mol. The topological polar surface area (TPSA) is 87.1 Å². The number of carboxylic acid groups (broad SMARTS) is 1. The maximum atomic E-state index is 12.2. The highest BCUT2D eigenvalue weighted by Gasteiger charge is 2.87. The number of carbonyl (C=O) groups excluding carboxylic acids is 1. The van der Waals surface area contributed by atoms with Crippen LogP contribution in [-0.2, 0) is 14.3 Å². The lowest BCUT2D eigenvalue weighted by atomic mass is 9.45. The molecule has 152 valence electrons. The second-order valence-corrected chi connectivity index (χ2v) is 11.0. The molecule has 1 saturated heterocycles. The van der Waals surface area contributed by atoms with E-state index in [0.717, 1.165) is 44.1 Å². The maximum Gasteiger partial charge on any atom is 0.303 e. The molecule has 4 saturated carbocycles. The summed E-state index contributed by atoms with van der Waals surface area (Å²) in [5.41, 5.74) is 0.0349. The van der Waals surface area contributed by atoms with E-state index in [2.05, 4.69) is 13.8 Å². The van der Waals surface area contributed by atoms with Crippen molar-refractivity contribution < 1.29 is 24.5 Å². The van der Waals surface area contributed by atoms with E-state index >= 15 is 0 Å². The molecule has 2 N–H and O–H groups in total. The van der Waals surface area contributed by atoms with Gasteiger partial charge >= 0.3 is 5.97 Å². The van der Waals surface area contributed by atoms with Crippen LogP contribution in [0.1, 0.15) is 65.2 Å². The predicted octanol–water partition coefficient (Wildman–Crippen LogP) is 3.10. The van der Waals surface area contributed by atoms with Crippen LogP contribution < -0.4 is 0 Å². The van der Waals surface area contributed by atoms with Gasteiger partial charge in [0.05, 0.1) is 11.7 Å². The Labute approximate surface area is 165 Å². The van der Waals surface area contributed by atoms with Crippen molar-refractivity contribution in [2.45, 2.75) is 82.5 Å². The van der Waals surface area contributed by atoms with E-state index in [0.29, 0.717) is 18.3 Å². The molecular weight excluding hydrogens is 356 g/mol. The Morgan fingerprint density at radius 2 is 2.07 bits per heavy atom. The molecular formula is C23H30O5. The molecule has 5 aliphatic carbocycles. The Kier molecular flexibility index (Phi) is 3.10. The number of hydrogen-bond acceptors (Lipinski definition) is 4. The van der Waals surface area contributed by atoms with Gasteiger partial charge in [-0.05, 0) is 61.9 Å². The summed E-state index contributed by atoms with van der Waals surface area (Å²) >= 11 is 0. The SMILES string of the molecule is C[C@]12C[C@H]3O[C@@]34[C@H]([C@@H]1CC[C@@H]2CCC(=O)O)[C@]1(O)C[C@@H]1C1=CC(=O)CC[C@@]14C. The molecule has 6 aliphatic rings. The number of rotatable bonds is 3. The van der Waals surface area contributed by atoms with Gasteiger partial charge < -0.3 is 14.9 Å². The zero-order valence-corrected chi connectivity index (χ0v) is 16.7. The predicted molar refractivity (Wildman–Crippen MR) is 100 cm³/mol. The normalized spacial score (nSPS) is 57.9. The lowest BCUT2D eigenvalue weighted by Crippen LogP contribution is -2.62. The summed E-state index contributed by atoms with van der Waals surface area (Å²) in [5.74, 6) is 0.503. The Morgan fingerprint density at radius 1 is 1.29 bits per heavy atom. The first-order valence-corrected chi connectivity index (χ1v) is 11.0. The third kappa shape index (κ3) is 1.78. The molecule has 5 nitrogen and oxygen atoms in total. The van der Waals surface area contributed by atoms with Crippen LogP contribution in [0.4, 0.5) is 0 Å². The number of hydrogen-bond donors (Lipinski definition) is 2. The number of ether oxygens (including phenoxy) is 1. The highest BCUT2D eigenvalue weighted by molar-refractivity contribution is 5.92. The highest BCUT2D eigenvalue weighted by Crippen LogP contribution is 2.82. The quantitative estimate of drug-likeness (QED) is 0.728. The van der Waals surface area contributed by atoms with Crippen LogP contribution in [0.25, 0.3) is 0 Å². The number of aliphatic carboxylic acids is 1. The van der Waals surface area contributed by atoms with E-state index in [4.69, 9.17) is 4.74 Å². The fourth-order valence-corrected chi connectivity index (χ4v) is 8.71. The molecule has 1 heterocycles. The first-order chi connectivity index (χ1) is 13.2. The smallest absolute Gasteiger partial charge is 0.303 e. The number of fused-ring (bicyclic) bond motifs is 6. The molecule has 5 heteroatoms. The van der Waals surface area contributed by atoms with Crippen LogP contribution in [0.2, 0.25) is 0 Å². The number of carboxylic acids is 1. The van der Waals surface area contributed by atoms with Gasteiger partial charge in [-0.15, -0.1) is 0 Å². The van der Waals surface area contributed by atoms with Gasteiger partial charge in [-0.1, -0.05) is 19.4 Å². The van der Waals surface area contributed by atoms with Crippen LogP contribution in [0.3, 0.4) is 0 Å². The van der Waals surface area contributed by atoms with E-state index in [1.807, 2.05) is 6.08 Å². The molecule has 0 bridgehead atoms. The van der Waals surface area contributed by atoms with Crippen LogP contribution in [0.5, 0.6) is 0 Å². The Morgan fingerprint density at radius 3 is 2.82 bits per heavy atom. The van der Waals surface area contributed by atoms with Crippen LogP contribution in [0, 0.1) is 34.5 Å². The van der Waals surface area contributed by atoms with Gasteiger partial charge in [0.25, 0.3) is 0 Å². The Balaban J connectivity index is 1.42. The second kappa shape index (κ2) is 4.92. The molecule has 0 radical (unpaired) electrons. The molecule has 5 fully saturated rings. The molecule has 28 heavy (non-hydrogen) atoms. The van der Waals surface area contributed by atoms with Gasteiger partial charge in [0.15, 0.2) is 5.78 Å². The number of ketones is 1. The Bertz CT molecular complexity index is 833. The minimum absolute atomic E-state index is 0.0513. The molecule has 0 unspecified atom stereocenters. The zero-order chi connectivity index (χ0) is 19.7. The van der Waals surface area contributed by atoms with Crippen molar-refractivity contribution in [3.8, 4) is 0 Å². The molecule has 0 amide bonds. The average Bonchev–Trinajstić information content (AvgIpc) is 3.48. The van der Waals surface area contributed by atoms with E-state index < -0.39 is 11.6 Å². The lowest BCUT2D eigenvalue weighted by Gasteiger charge is -2.57. The maximum absolute atomic E-state index is 12.2. The number of carbonyl (C=O) groups is 2. The number of aliphatic hydroxyl groups is 1. The summed E-state index contributed by atoms with van der Waals surface area (Å²) in [5, 5.41) is 20.9. The summed E-state index contributed by atoms with van der Waals surface area (Å²) < 4.78 is 6.59. The van der Waals surface area contributed by atoms with Crippen molar-refractivity contribution in [2.75, 3.05) is 0 Å². The highest BCUT2D eigenvalue weighted by atomic mass is 16.6. The van der Waals surface area contributed by atoms with Gasteiger partial charge in [0.1, 0.15) is 5.60 Å². The Hall–Kier alpha value is -1.20. The standard InChI is InChI=1S/C23H30O5/c1-20-11-17-23(28-17)19(14(20)5-3-12(20)4-6-18(25)26)22(27)10-16(22)15-9-13(24)7-8-21(15,23)2/h9,12,14,16-17,19,27H,3-8,10-11H2,1-2H3,(H,25,26)/t12-,14+,16-,17-,19-,20-,21+,22+,23-/m1/s1. The van der Waals surface area contributed by atoms with Crippen molar-refractivity contribution in [3.63, 3.8) is 0 Å². The van der Waals surface area contributed by atoms with Crippen LogP contribution >= 0.6 is 0 Å². The third-order valence-corrected chi connectivity index (χ3v) is 10.1. The molecule has 0 aromatic rings. The zero-order valence-electron chi connectivity index (χ0n) is 16.7. The van der Waals surface area contributed by atoms with Crippen LogP contribution in [0.15, 0.2) is 11.6 Å². The van der Waals surface area contributed by atoms with Crippen molar-refractivity contribution in [1.82, 2.24) is 0 Å². The van der Waals surface area contributed by atoms with Gasteiger partial charge in [0, 0.05) is 30.1 Å². The van der Waals surface area contributed by atoms with E-state index in [9.17, 15) is 19.8 Å². The first-order valence-electron chi connectivity index (χ1n) is 11.0. The summed E-state index contributed by atoms with van der Waals surface area (Å²) in [4.78, 5) is 23.3. The average molecular weight is 386 g/mol. The van der Waals surface area contributed by atoms with Gasteiger partial charge in [-0.3, -0.25) is 9.59 Å². The summed E-state index contributed by atoms with van der Waals surface area (Å²) in [6.07, 6.45) is 8.21. The largest absolute Gasteiger partial charge is 0.481 e. The van der Waals surface area contributed by atoms with Crippen molar-refractivity contribution in [2.24, 2.45) is 34.5 Å². The van der Waals surface area contributed by atoms with Crippen molar-refractivity contribution in [3.05, 3.63) is 11.6 Å². The van der Waals surface area contributed by atoms with Crippen LogP contribution in [-0.4, -0.2) is 39.3 Å². The molecule has 0 aromatic carbocycles. The van der Waals surface area contributed by atoms with Crippen molar-refractivity contribution in [1.29, 1.82) is 0 Å². The third-order valence-electron chi connectivity index (χ3n) is 10.1.